The van der Waals surface area contributed by atoms with Crippen molar-refractivity contribution < 1.29 is 4.74 Å². The number of hydrogen-bond acceptors (Lipinski definition) is 6. The topological polar surface area (TPSA) is 72.8 Å². The third-order valence-corrected chi connectivity index (χ3v) is 2.59. The highest BCUT2D eigenvalue weighted by molar-refractivity contribution is 5.47. The second kappa shape index (κ2) is 6.08. The molecule has 6 nitrogen and oxygen atoms in total. The number of hydrogen-bond donors (Lipinski definition) is 1. The summed E-state index contributed by atoms with van der Waals surface area (Å²) in [5, 5.41) is 3.21. The number of aromatic nitrogens is 4. The number of rotatable bonds is 5. The minimum Gasteiger partial charge on any atom is -0.478 e. The zero-order valence-corrected chi connectivity index (χ0v) is 11.3. The van der Waals surface area contributed by atoms with Gasteiger partial charge in [0, 0.05) is 6.20 Å². The van der Waals surface area contributed by atoms with Gasteiger partial charge >= 0.3 is 0 Å². The Hall–Kier alpha value is -2.24. The fraction of sp³-hybridized carbons (Fsp3) is 0.385. The molecule has 2 rings (SSSR count). The number of anilines is 1. The van der Waals surface area contributed by atoms with E-state index in [1.165, 1.54) is 6.33 Å². The van der Waals surface area contributed by atoms with Crippen LogP contribution in [0.2, 0.25) is 0 Å². The first-order valence-corrected chi connectivity index (χ1v) is 6.16. The molecule has 2 aromatic heterocycles. The van der Waals surface area contributed by atoms with E-state index in [1.54, 1.807) is 12.4 Å². The predicted octanol–water partition coefficient (Wildman–Crippen LogP) is 1.89. The summed E-state index contributed by atoms with van der Waals surface area (Å²) < 4.78 is 5.43. The van der Waals surface area contributed by atoms with Gasteiger partial charge in [0.15, 0.2) is 0 Å². The van der Waals surface area contributed by atoms with Crippen molar-refractivity contribution in [2.75, 3.05) is 11.9 Å². The molecule has 6 heteroatoms. The van der Waals surface area contributed by atoms with Crippen LogP contribution in [0.1, 0.15) is 23.9 Å². The number of aryl methyl sites for hydroxylation is 1. The van der Waals surface area contributed by atoms with E-state index < -0.39 is 0 Å². The molecule has 0 fully saturated rings. The predicted molar refractivity (Wildman–Crippen MR) is 72.0 cm³/mol. The normalized spacial score (nSPS) is 10.3. The molecule has 0 aliphatic heterocycles. The van der Waals surface area contributed by atoms with E-state index in [1.807, 2.05) is 20.8 Å². The van der Waals surface area contributed by atoms with Gasteiger partial charge in [-0.15, -0.1) is 0 Å². The maximum Gasteiger partial charge on any atom is 0.221 e. The Kier molecular flexibility index (Phi) is 4.22. The number of nitrogens with one attached hydrogen (secondary N) is 1. The molecule has 0 saturated carbocycles. The van der Waals surface area contributed by atoms with Crippen LogP contribution in [0.25, 0.3) is 0 Å². The molecule has 0 aromatic carbocycles. The Labute approximate surface area is 112 Å². The SMILES string of the molecule is CCOc1ncnc(NCc2cnc(C)cn2)c1C. The Morgan fingerprint density at radius 3 is 2.63 bits per heavy atom. The zero-order valence-electron chi connectivity index (χ0n) is 11.3. The van der Waals surface area contributed by atoms with Crippen molar-refractivity contribution in [1.82, 2.24) is 19.9 Å². The lowest BCUT2D eigenvalue weighted by atomic mass is 10.3. The van der Waals surface area contributed by atoms with Gasteiger partial charge in [0.1, 0.15) is 12.1 Å². The maximum atomic E-state index is 5.43. The highest BCUT2D eigenvalue weighted by Gasteiger charge is 2.07. The van der Waals surface area contributed by atoms with Gasteiger partial charge in [-0.1, -0.05) is 0 Å². The fourth-order valence-corrected chi connectivity index (χ4v) is 1.58. The molecule has 0 amide bonds. The number of ether oxygens (including phenoxy) is 1. The van der Waals surface area contributed by atoms with Crippen LogP contribution in [-0.4, -0.2) is 26.5 Å². The van der Waals surface area contributed by atoms with E-state index in [4.69, 9.17) is 4.74 Å². The molecule has 0 saturated heterocycles. The van der Waals surface area contributed by atoms with Gasteiger partial charge in [0.2, 0.25) is 5.88 Å². The highest BCUT2D eigenvalue weighted by atomic mass is 16.5. The van der Waals surface area contributed by atoms with Crippen molar-refractivity contribution in [2.24, 2.45) is 0 Å². The highest BCUT2D eigenvalue weighted by Crippen LogP contribution is 2.20. The first kappa shape index (κ1) is 13.2. The molecule has 0 bridgehead atoms. The van der Waals surface area contributed by atoms with Gasteiger partial charge in [-0.3, -0.25) is 9.97 Å². The molecule has 100 valence electrons. The van der Waals surface area contributed by atoms with Gasteiger partial charge in [0.25, 0.3) is 0 Å². The van der Waals surface area contributed by atoms with Crippen LogP contribution in [0.4, 0.5) is 5.82 Å². The Balaban J connectivity index is 2.07. The zero-order chi connectivity index (χ0) is 13.7. The van der Waals surface area contributed by atoms with Crippen molar-refractivity contribution >= 4 is 5.82 Å². The van der Waals surface area contributed by atoms with Crippen LogP contribution < -0.4 is 10.1 Å². The van der Waals surface area contributed by atoms with Crippen LogP contribution in [0.15, 0.2) is 18.7 Å². The molecular formula is C13H17N5O. The molecule has 0 atom stereocenters. The van der Waals surface area contributed by atoms with Crippen molar-refractivity contribution in [1.29, 1.82) is 0 Å². The van der Waals surface area contributed by atoms with E-state index in [2.05, 4.69) is 25.3 Å². The molecule has 0 radical (unpaired) electrons. The average molecular weight is 259 g/mol. The molecule has 2 heterocycles. The van der Waals surface area contributed by atoms with Crippen molar-refractivity contribution in [3.63, 3.8) is 0 Å². The summed E-state index contributed by atoms with van der Waals surface area (Å²) >= 11 is 0. The van der Waals surface area contributed by atoms with Crippen LogP contribution in [0, 0.1) is 13.8 Å². The average Bonchev–Trinajstić information content (AvgIpc) is 2.42. The van der Waals surface area contributed by atoms with Gasteiger partial charge in [-0.2, -0.15) is 0 Å². The second-order valence-corrected chi connectivity index (χ2v) is 4.09. The van der Waals surface area contributed by atoms with Gasteiger partial charge in [-0.05, 0) is 20.8 Å². The van der Waals surface area contributed by atoms with Gasteiger partial charge < -0.3 is 10.1 Å². The van der Waals surface area contributed by atoms with E-state index in [0.29, 0.717) is 19.0 Å². The molecule has 0 aliphatic rings. The van der Waals surface area contributed by atoms with Gasteiger partial charge in [0.05, 0.1) is 36.3 Å². The molecule has 2 aromatic rings. The summed E-state index contributed by atoms with van der Waals surface area (Å²) in [4.78, 5) is 16.8. The maximum absolute atomic E-state index is 5.43. The fourth-order valence-electron chi connectivity index (χ4n) is 1.58. The van der Waals surface area contributed by atoms with Crippen molar-refractivity contribution in [3.8, 4) is 5.88 Å². The summed E-state index contributed by atoms with van der Waals surface area (Å²) in [6, 6.07) is 0. The molecule has 0 spiro atoms. The van der Waals surface area contributed by atoms with Crippen LogP contribution in [0.3, 0.4) is 0 Å². The van der Waals surface area contributed by atoms with E-state index >= 15 is 0 Å². The lowest BCUT2D eigenvalue weighted by molar-refractivity contribution is 0.324. The van der Waals surface area contributed by atoms with Crippen LogP contribution in [-0.2, 0) is 6.54 Å². The summed E-state index contributed by atoms with van der Waals surface area (Å²) in [5.74, 6) is 1.36. The summed E-state index contributed by atoms with van der Waals surface area (Å²) in [6.45, 7) is 6.91. The summed E-state index contributed by atoms with van der Waals surface area (Å²) in [7, 11) is 0. The minimum absolute atomic E-state index is 0.566. The molecular weight excluding hydrogens is 242 g/mol. The van der Waals surface area contributed by atoms with Crippen LogP contribution in [0.5, 0.6) is 5.88 Å². The Morgan fingerprint density at radius 1 is 1.11 bits per heavy atom. The third kappa shape index (κ3) is 3.37. The van der Waals surface area contributed by atoms with Crippen molar-refractivity contribution in [3.05, 3.63) is 35.7 Å². The summed E-state index contributed by atoms with van der Waals surface area (Å²) in [6.07, 6.45) is 4.99. The first-order valence-electron chi connectivity index (χ1n) is 6.16. The summed E-state index contributed by atoms with van der Waals surface area (Å²) in [5.41, 5.74) is 2.66. The smallest absolute Gasteiger partial charge is 0.221 e. The Bertz CT molecular complexity index is 541. The lowest BCUT2D eigenvalue weighted by Gasteiger charge is -2.10. The largest absolute Gasteiger partial charge is 0.478 e. The number of nitrogens with zero attached hydrogens (tertiary/aromatic N) is 4. The molecule has 19 heavy (non-hydrogen) atoms. The Morgan fingerprint density at radius 2 is 1.95 bits per heavy atom. The van der Waals surface area contributed by atoms with Gasteiger partial charge in [-0.25, -0.2) is 9.97 Å². The standard InChI is InChI=1S/C13H17N5O/c1-4-19-13-10(3)12(17-8-18-13)16-7-11-6-14-9(2)5-15-11/h5-6,8H,4,7H2,1-3H3,(H,16,17,18). The van der Waals surface area contributed by atoms with Crippen molar-refractivity contribution in [2.45, 2.75) is 27.3 Å². The second-order valence-electron chi connectivity index (χ2n) is 4.09. The van der Waals surface area contributed by atoms with E-state index in [9.17, 15) is 0 Å². The molecule has 0 unspecified atom stereocenters. The van der Waals surface area contributed by atoms with Crippen LogP contribution >= 0.6 is 0 Å². The first-order chi connectivity index (χ1) is 9.20. The quantitative estimate of drug-likeness (QED) is 0.884. The third-order valence-electron chi connectivity index (χ3n) is 2.59. The van der Waals surface area contributed by atoms with E-state index in [0.717, 1.165) is 22.8 Å². The van der Waals surface area contributed by atoms with E-state index in [-0.39, 0.29) is 0 Å². The monoisotopic (exact) mass is 259 g/mol. The minimum atomic E-state index is 0.566. The molecule has 0 aliphatic carbocycles. The molecule has 1 N–H and O–H groups in total. The lowest BCUT2D eigenvalue weighted by Crippen LogP contribution is -2.07.